The summed E-state index contributed by atoms with van der Waals surface area (Å²) in [5, 5.41) is 3.58. The molecule has 1 atom stereocenters. The summed E-state index contributed by atoms with van der Waals surface area (Å²) in [6, 6.07) is 18.7. The first-order valence-corrected chi connectivity index (χ1v) is 16.6. The number of halogens is 2. The van der Waals surface area contributed by atoms with Gasteiger partial charge in [0.2, 0.25) is 11.8 Å². The molecule has 1 fully saturated rings. The number of amides is 2. The smallest absolute Gasteiger partial charge is 0.264 e. The highest BCUT2D eigenvalue weighted by Gasteiger charge is 2.34. The van der Waals surface area contributed by atoms with Crippen LogP contribution in [-0.4, -0.2) is 50.9 Å². The zero-order chi connectivity index (χ0) is 31.0. The van der Waals surface area contributed by atoms with Crippen LogP contribution >= 0.6 is 23.2 Å². The van der Waals surface area contributed by atoms with Crippen LogP contribution < -0.4 is 14.4 Å². The summed E-state index contributed by atoms with van der Waals surface area (Å²) in [6.07, 6.45) is 5.35. The number of methoxy groups -OCH3 is 1. The van der Waals surface area contributed by atoms with Crippen molar-refractivity contribution in [2.75, 3.05) is 18.0 Å². The predicted octanol–water partition coefficient (Wildman–Crippen LogP) is 6.45. The van der Waals surface area contributed by atoms with Crippen molar-refractivity contribution in [1.82, 2.24) is 10.2 Å². The highest BCUT2D eigenvalue weighted by Crippen LogP contribution is 2.30. The zero-order valence-corrected chi connectivity index (χ0v) is 26.7. The van der Waals surface area contributed by atoms with Crippen LogP contribution in [0.1, 0.15) is 51.0 Å². The first-order valence-electron chi connectivity index (χ1n) is 14.4. The standard InChI is InChI=1S/C32H37Cl2N3O5S/c1-3-30(32(39)35-26-12-6-4-7-13-26)36(21-23-11-10-14-28(17-23)42-2)31(38)22-37(27-19-24(33)18-25(34)20-27)43(40,41)29-15-8-5-9-16-29/h5,8-11,14-20,26,30H,3-4,6-7,12-13,21-22H2,1-2H3,(H,35,39)/t30-/m0/s1. The fourth-order valence-corrected chi connectivity index (χ4v) is 7.30. The summed E-state index contributed by atoms with van der Waals surface area (Å²) >= 11 is 12.5. The first kappa shape index (κ1) is 32.6. The highest BCUT2D eigenvalue weighted by molar-refractivity contribution is 7.92. The third kappa shape index (κ3) is 8.43. The molecule has 230 valence electrons. The second kappa shape index (κ2) is 14.9. The summed E-state index contributed by atoms with van der Waals surface area (Å²) in [4.78, 5) is 29.4. The third-order valence-electron chi connectivity index (χ3n) is 7.57. The van der Waals surface area contributed by atoms with E-state index in [0.29, 0.717) is 12.2 Å². The van der Waals surface area contributed by atoms with Crippen LogP contribution in [0.25, 0.3) is 0 Å². The van der Waals surface area contributed by atoms with E-state index in [-0.39, 0.29) is 39.1 Å². The van der Waals surface area contributed by atoms with Crippen molar-refractivity contribution in [2.24, 2.45) is 0 Å². The topological polar surface area (TPSA) is 96.0 Å². The number of carbonyl (C=O) groups is 2. The van der Waals surface area contributed by atoms with Gasteiger partial charge in [0.1, 0.15) is 18.3 Å². The Balaban J connectivity index is 1.73. The molecule has 4 rings (SSSR count). The number of benzene rings is 3. The summed E-state index contributed by atoms with van der Waals surface area (Å²) < 4.78 is 34.3. The van der Waals surface area contributed by atoms with Gasteiger partial charge in [0.25, 0.3) is 10.0 Å². The Hall–Kier alpha value is -3.27. The van der Waals surface area contributed by atoms with Gasteiger partial charge in [-0.05, 0) is 67.3 Å². The van der Waals surface area contributed by atoms with Crippen LogP contribution in [0.15, 0.2) is 77.7 Å². The number of nitrogens with zero attached hydrogens (tertiary/aromatic N) is 2. The summed E-state index contributed by atoms with van der Waals surface area (Å²) in [6.45, 7) is 1.33. The number of sulfonamides is 1. The Bertz CT molecular complexity index is 1490. The van der Waals surface area contributed by atoms with Gasteiger partial charge in [-0.3, -0.25) is 13.9 Å². The summed E-state index contributed by atoms with van der Waals surface area (Å²) in [7, 11) is -2.67. The van der Waals surface area contributed by atoms with Gasteiger partial charge in [-0.15, -0.1) is 0 Å². The maximum atomic E-state index is 14.3. The molecule has 2 amide bonds. The van der Waals surface area contributed by atoms with Crippen molar-refractivity contribution >= 4 is 50.7 Å². The van der Waals surface area contributed by atoms with E-state index in [9.17, 15) is 18.0 Å². The minimum absolute atomic E-state index is 0.000303. The number of hydrogen-bond acceptors (Lipinski definition) is 5. The number of rotatable bonds is 12. The number of carbonyl (C=O) groups excluding carboxylic acids is 2. The van der Waals surface area contributed by atoms with E-state index in [1.54, 1.807) is 43.5 Å². The molecule has 1 N–H and O–H groups in total. The van der Waals surface area contributed by atoms with E-state index in [2.05, 4.69) is 5.32 Å². The summed E-state index contributed by atoms with van der Waals surface area (Å²) in [5.74, 6) is -0.204. The van der Waals surface area contributed by atoms with Crippen LogP contribution in [0.5, 0.6) is 5.75 Å². The minimum atomic E-state index is -4.23. The lowest BCUT2D eigenvalue weighted by Crippen LogP contribution is -2.54. The van der Waals surface area contributed by atoms with Crippen molar-refractivity contribution in [1.29, 1.82) is 0 Å². The van der Waals surface area contributed by atoms with Gasteiger partial charge >= 0.3 is 0 Å². The Kier molecular flexibility index (Phi) is 11.3. The van der Waals surface area contributed by atoms with E-state index in [1.807, 2.05) is 13.0 Å². The van der Waals surface area contributed by atoms with Crippen LogP contribution in [-0.2, 0) is 26.2 Å². The van der Waals surface area contributed by atoms with Gasteiger partial charge in [0, 0.05) is 22.6 Å². The lowest BCUT2D eigenvalue weighted by molar-refractivity contribution is -0.140. The number of ether oxygens (including phenoxy) is 1. The minimum Gasteiger partial charge on any atom is -0.497 e. The monoisotopic (exact) mass is 645 g/mol. The molecule has 1 aliphatic rings. The van der Waals surface area contributed by atoms with Crippen LogP contribution in [0, 0.1) is 0 Å². The molecule has 0 spiro atoms. The quantitative estimate of drug-likeness (QED) is 0.244. The Morgan fingerprint density at radius 2 is 1.63 bits per heavy atom. The Morgan fingerprint density at radius 3 is 2.26 bits per heavy atom. The normalized spacial score (nSPS) is 14.5. The van der Waals surface area contributed by atoms with Gasteiger partial charge in [-0.25, -0.2) is 8.42 Å². The van der Waals surface area contributed by atoms with Gasteiger partial charge in [0.05, 0.1) is 17.7 Å². The van der Waals surface area contributed by atoms with Gasteiger partial charge in [-0.1, -0.05) is 79.7 Å². The lowest BCUT2D eigenvalue weighted by Gasteiger charge is -2.34. The average Bonchev–Trinajstić information content (AvgIpc) is 3.00. The zero-order valence-electron chi connectivity index (χ0n) is 24.3. The largest absolute Gasteiger partial charge is 0.497 e. The van der Waals surface area contributed by atoms with Gasteiger partial charge < -0.3 is 15.0 Å². The van der Waals surface area contributed by atoms with Crippen molar-refractivity contribution in [2.45, 2.75) is 69.0 Å². The average molecular weight is 647 g/mol. The maximum Gasteiger partial charge on any atom is 0.264 e. The molecule has 1 aliphatic carbocycles. The number of hydrogen-bond donors (Lipinski definition) is 1. The molecule has 11 heteroatoms. The van der Waals surface area contributed by atoms with Crippen molar-refractivity contribution in [3.63, 3.8) is 0 Å². The number of anilines is 1. The SMILES string of the molecule is CC[C@@H](C(=O)NC1CCCCC1)N(Cc1cccc(OC)c1)C(=O)CN(c1cc(Cl)cc(Cl)c1)S(=O)(=O)c1ccccc1. The van der Waals surface area contributed by atoms with Gasteiger partial charge in [0.15, 0.2) is 0 Å². The molecule has 43 heavy (non-hydrogen) atoms. The second-order valence-corrected chi connectivity index (χ2v) is 13.3. The molecule has 0 saturated heterocycles. The van der Waals surface area contributed by atoms with E-state index in [0.717, 1.165) is 42.0 Å². The molecular weight excluding hydrogens is 609 g/mol. The molecule has 8 nitrogen and oxygen atoms in total. The predicted molar refractivity (Wildman–Crippen MR) is 170 cm³/mol. The Morgan fingerprint density at radius 1 is 0.953 bits per heavy atom. The van der Waals surface area contributed by atoms with Crippen LogP contribution in [0.4, 0.5) is 5.69 Å². The number of nitrogens with one attached hydrogen (secondary N) is 1. The molecule has 0 bridgehead atoms. The molecule has 3 aromatic rings. The molecule has 0 heterocycles. The lowest BCUT2D eigenvalue weighted by atomic mass is 9.95. The molecule has 1 saturated carbocycles. The van der Waals surface area contributed by atoms with Crippen molar-refractivity contribution in [3.05, 3.63) is 88.4 Å². The second-order valence-electron chi connectivity index (χ2n) is 10.6. The third-order valence-corrected chi connectivity index (χ3v) is 9.79. The molecule has 0 aromatic heterocycles. The summed E-state index contributed by atoms with van der Waals surface area (Å²) in [5.41, 5.74) is 0.871. The van der Waals surface area contributed by atoms with E-state index in [1.165, 1.54) is 35.2 Å². The molecular formula is C32H37Cl2N3O5S. The van der Waals surface area contributed by atoms with Crippen molar-refractivity contribution < 1.29 is 22.7 Å². The fourth-order valence-electron chi connectivity index (χ4n) is 5.36. The molecule has 0 aliphatic heterocycles. The van der Waals surface area contributed by atoms with E-state index in [4.69, 9.17) is 27.9 Å². The van der Waals surface area contributed by atoms with Gasteiger partial charge in [-0.2, -0.15) is 0 Å². The Labute approximate surface area is 264 Å². The maximum absolute atomic E-state index is 14.3. The molecule has 0 unspecified atom stereocenters. The molecule has 3 aromatic carbocycles. The van der Waals surface area contributed by atoms with Crippen LogP contribution in [0.3, 0.4) is 0 Å². The van der Waals surface area contributed by atoms with E-state index < -0.39 is 28.5 Å². The van der Waals surface area contributed by atoms with Crippen molar-refractivity contribution in [3.8, 4) is 5.75 Å². The van der Waals surface area contributed by atoms with Crippen LogP contribution in [0.2, 0.25) is 10.0 Å². The molecule has 0 radical (unpaired) electrons. The first-order chi connectivity index (χ1) is 20.6. The highest BCUT2D eigenvalue weighted by atomic mass is 35.5. The van der Waals surface area contributed by atoms with E-state index >= 15 is 0 Å². The fraction of sp³-hybridized carbons (Fsp3) is 0.375.